The van der Waals surface area contributed by atoms with Gasteiger partial charge in [-0.05, 0) is 29.4 Å². The fraction of sp³-hybridized carbons (Fsp3) is 0.429. The van der Waals surface area contributed by atoms with E-state index in [1.807, 2.05) is 6.08 Å². The standard InChI is InChI=1S/C14H20/c1-5-12(4)14-8-6-13(7-9-14)10-11(2)3/h5-9,11-12H,1,10H2,2-4H3. The van der Waals surface area contributed by atoms with Crippen molar-refractivity contribution < 1.29 is 0 Å². The molecule has 0 heterocycles. The van der Waals surface area contributed by atoms with Crippen molar-refractivity contribution in [3.8, 4) is 0 Å². The van der Waals surface area contributed by atoms with Crippen molar-refractivity contribution in [2.24, 2.45) is 5.92 Å². The Morgan fingerprint density at radius 1 is 1.14 bits per heavy atom. The van der Waals surface area contributed by atoms with Gasteiger partial charge in [0.2, 0.25) is 0 Å². The van der Waals surface area contributed by atoms with Gasteiger partial charge in [0.1, 0.15) is 0 Å². The van der Waals surface area contributed by atoms with Crippen LogP contribution in [0, 0.1) is 5.92 Å². The summed E-state index contributed by atoms with van der Waals surface area (Å²) in [7, 11) is 0. The van der Waals surface area contributed by atoms with Crippen LogP contribution in [0.15, 0.2) is 36.9 Å². The number of rotatable bonds is 4. The van der Waals surface area contributed by atoms with E-state index in [0.717, 1.165) is 5.92 Å². The zero-order valence-electron chi connectivity index (χ0n) is 9.46. The van der Waals surface area contributed by atoms with Crippen molar-refractivity contribution in [2.45, 2.75) is 33.1 Å². The highest BCUT2D eigenvalue weighted by molar-refractivity contribution is 5.27. The van der Waals surface area contributed by atoms with Crippen molar-refractivity contribution >= 4 is 0 Å². The van der Waals surface area contributed by atoms with E-state index in [4.69, 9.17) is 0 Å². The summed E-state index contributed by atoms with van der Waals surface area (Å²) in [6.45, 7) is 10.5. The SMILES string of the molecule is C=CC(C)c1ccc(CC(C)C)cc1. The van der Waals surface area contributed by atoms with Gasteiger partial charge in [0, 0.05) is 0 Å². The van der Waals surface area contributed by atoms with Gasteiger partial charge in [-0.3, -0.25) is 0 Å². The third kappa shape index (κ3) is 3.02. The Morgan fingerprint density at radius 3 is 2.14 bits per heavy atom. The Balaban J connectivity index is 2.73. The first-order chi connectivity index (χ1) is 6.63. The zero-order chi connectivity index (χ0) is 10.6. The zero-order valence-corrected chi connectivity index (χ0v) is 9.46. The van der Waals surface area contributed by atoms with Crippen molar-refractivity contribution in [2.75, 3.05) is 0 Å². The quantitative estimate of drug-likeness (QED) is 0.622. The van der Waals surface area contributed by atoms with Gasteiger partial charge in [0.05, 0.1) is 0 Å². The maximum atomic E-state index is 3.81. The maximum Gasteiger partial charge on any atom is -0.00131 e. The molecule has 0 spiro atoms. The Kier molecular flexibility index (Phi) is 3.94. The fourth-order valence-electron chi connectivity index (χ4n) is 1.56. The molecule has 0 radical (unpaired) electrons. The van der Waals surface area contributed by atoms with E-state index in [0.29, 0.717) is 5.92 Å². The van der Waals surface area contributed by atoms with Crippen LogP contribution in [0.3, 0.4) is 0 Å². The van der Waals surface area contributed by atoms with E-state index in [9.17, 15) is 0 Å². The smallest absolute Gasteiger partial charge is 0.00131 e. The van der Waals surface area contributed by atoms with Crippen LogP contribution in [0.1, 0.15) is 37.8 Å². The van der Waals surface area contributed by atoms with Gasteiger partial charge in [-0.1, -0.05) is 51.1 Å². The van der Waals surface area contributed by atoms with Crippen molar-refractivity contribution in [1.29, 1.82) is 0 Å². The molecule has 0 bridgehead atoms. The van der Waals surface area contributed by atoms with Gasteiger partial charge in [-0.2, -0.15) is 0 Å². The lowest BCUT2D eigenvalue weighted by Crippen LogP contribution is -1.95. The first kappa shape index (κ1) is 11.0. The minimum atomic E-state index is 0.461. The predicted octanol–water partition coefficient (Wildman–Crippen LogP) is 4.17. The van der Waals surface area contributed by atoms with Crippen LogP contribution in [0.5, 0.6) is 0 Å². The van der Waals surface area contributed by atoms with E-state index < -0.39 is 0 Å². The summed E-state index contributed by atoms with van der Waals surface area (Å²) in [5, 5.41) is 0. The van der Waals surface area contributed by atoms with Gasteiger partial charge in [0.25, 0.3) is 0 Å². The molecule has 0 nitrogen and oxygen atoms in total. The lowest BCUT2D eigenvalue weighted by molar-refractivity contribution is 0.647. The van der Waals surface area contributed by atoms with Crippen LogP contribution in [-0.4, -0.2) is 0 Å². The van der Waals surface area contributed by atoms with Gasteiger partial charge in [0.15, 0.2) is 0 Å². The molecule has 1 atom stereocenters. The molecule has 0 saturated heterocycles. The number of benzene rings is 1. The summed E-state index contributed by atoms with van der Waals surface area (Å²) in [6.07, 6.45) is 3.15. The normalized spacial score (nSPS) is 12.9. The van der Waals surface area contributed by atoms with Gasteiger partial charge in [-0.15, -0.1) is 6.58 Å². The molecule has 76 valence electrons. The molecule has 1 aromatic carbocycles. The first-order valence-corrected chi connectivity index (χ1v) is 5.35. The van der Waals surface area contributed by atoms with Crippen molar-refractivity contribution in [1.82, 2.24) is 0 Å². The highest BCUT2D eigenvalue weighted by Gasteiger charge is 2.01. The Hall–Kier alpha value is -1.04. The lowest BCUT2D eigenvalue weighted by atomic mass is 9.97. The van der Waals surface area contributed by atoms with Crippen LogP contribution in [0.2, 0.25) is 0 Å². The van der Waals surface area contributed by atoms with Gasteiger partial charge >= 0.3 is 0 Å². The summed E-state index contributed by atoms with van der Waals surface area (Å²) < 4.78 is 0. The van der Waals surface area contributed by atoms with Crippen LogP contribution in [-0.2, 0) is 6.42 Å². The number of hydrogen-bond acceptors (Lipinski definition) is 0. The summed E-state index contributed by atoms with van der Waals surface area (Å²) in [6, 6.07) is 8.89. The molecular weight excluding hydrogens is 168 g/mol. The molecule has 0 heteroatoms. The average Bonchev–Trinajstić information content (AvgIpc) is 2.17. The summed E-state index contributed by atoms with van der Waals surface area (Å²) in [4.78, 5) is 0. The third-order valence-electron chi connectivity index (χ3n) is 2.50. The molecule has 1 unspecified atom stereocenters. The molecule has 0 amide bonds. The summed E-state index contributed by atoms with van der Waals surface area (Å²) in [5.74, 6) is 1.20. The monoisotopic (exact) mass is 188 g/mol. The lowest BCUT2D eigenvalue weighted by Gasteiger charge is -2.09. The van der Waals surface area contributed by atoms with Crippen LogP contribution >= 0.6 is 0 Å². The third-order valence-corrected chi connectivity index (χ3v) is 2.50. The molecule has 0 aliphatic carbocycles. The Morgan fingerprint density at radius 2 is 1.71 bits per heavy atom. The Bertz CT molecular complexity index is 279. The predicted molar refractivity (Wildman–Crippen MR) is 63.6 cm³/mol. The first-order valence-electron chi connectivity index (χ1n) is 5.35. The highest BCUT2D eigenvalue weighted by atomic mass is 14.1. The second-order valence-electron chi connectivity index (χ2n) is 4.36. The molecule has 0 fully saturated rings. The number of hydrogen-bond donors (Lipinski definition) is 0. The molecule has 1 aromatic rings. The van der Waals surface area contributed by atoms with E-state index in [1.165, 1.54) is 17.5 Å². The maximum absolute atomic E-state index is 3.81. The molecule has 0 aliphatic heterocycles. The molecule has 1 rings (SSSR count). The second kappa shape index (κ2) is 4.99. The topological polar surface area (TPSA) is 0 Å². The van der Waals surface area contributed by atoms with Crippen LogP contribution in [0.25, 0.3) is 0 Å². The van der Waals surface area contributed by atoms with E-state index in [1.54, 1.807) is 0 Å². The van der Waals surface area contributed by atoms with Crippen LogP contribution < -0.4 is 0 Å². The second-order valence-corrected chi connectivity index (χ2v) is 4.36. The highest BCUT2D eigenvalue weighted by Crippen LogP contribution is 2.17. The molecule has 14 heavy (non-hydrogen) atoms. The van der Waals surface area contributed by atoms with Gasteiger partial charge < -0.3 is 0 Å². The largest absolute Gasteiger partial charge is 0.102 e. The molecule has 0 N–H and O–H groups in total. The minimum absolute atomic E-state index is 0.461. The fourth-order valence-corrected chi connectivity index (χ4v) is 1.56. The Labute approximate surface area is 87.7 Å². The average molecular weight is 188 g/mol. The molecule has 0 aliphatic rings. The molecule has 0 saturated carbocycles. The van der Waals surface area contributed by atoms with Gasteiger partial charge in [-0.25, -0.2) is 0 Å². The van der Waals surface area contributed by atoms with Crippen LogP contribution in [0.4, 0.5) is 0 Å². The van der Waals surface area contributed by atoms with E-state index in [-0.39, 0.29) is 0 Å². The summed E-state index contributed by atoms with van der Waals surface area (Å²) in [5.41, 5.74) is 2.78. The van der Waals surface area contributed by atoms with E-state index >= 15 is 0 Å². The van der Waals surface area contributed by atoms with Crippen molar-refractivity contribution in [3.05, 3.63) is 48.0 Å². The van der Waals surface area contributed by atoms with Crippen molar-refractivity contribution in [3.63, 3.8) is 0 Å². The summed E-state index contributed by atoms with van der Waals surface area (Å²) >= 11 is 0. The molecular formula is C14H20. The minimum Gasteiger partial charge on any atom is -0.102 e. The molecule has 0 aromatic heterocycles. The number of allylic oxidation sites excluding steroid dienone is 1. The van der Waals surface area contributed by atoms with E-state index in [2.05, 4.69) is 51.6 Å².